The Labute approximate surface area is 117 Å². The number of nitrogens with one attached hydrogen (secondary N) is 1. The highest BCUT2D eigenvalue weighted by molar-refractivity contribution is 5.94. The van der Waals surface area contributed by atoms with Gasteiger partial charge < -0.3 is 20.2 Å². The highest BCUT2D eigenvalue weighted by Gasteiger charge is 2.32. The zero-order chi connectivity index (χ0) is 14.1. The number of hydrogen-bond acceptors (Lipinski definition) is 3. The number of phenolic OH excluding ortho intramolecular Hbond substituents is 1. The molecule has 1 aromatic carbocycles. The van der Waals surface area contributed by atoms with Crippen LogP contribution >= 0.6 is 0 Å². The molecule has 6 nitrogen and oxygen atoms in total. The summed E-state index contributed by atoms with van der Waals surface area (Å²) in [7, 11) is 0. The highest BCUT2D eigenvalue weighted by Crippen LogP contribution is 2.33. The molecule has 0 bridgehead atoms. The highest BCUT2D eigenvalue weighted by atomic mass is 16.3. The van der Waals surface area contributed by atoms with Crippen molar-refractivity contribution < 1.29 is 14.7 Å². The van der Waals surface area contributed by atoms with Crippen molar-refractivity contribution in [2.24, 2.45) is 0 Å². The van der Waals surface area contributed by atoms with Crippen molar-refractivity contribution in [1.29, 1.82) is 0 Å². The molecule has 106 valence electrons. The quantitative estimate of drug-likeness (QED) is 0.632. The smallest absolute Gasteiger partial charge is 0.322 e. The van der Waals surface area contributed by atoms with Crippen molar-refractivity contribution in [3.8, 4) is 5.75 Å². The Kier molecular flexibility index (Phi) is 3.22. The molecular weight excluding hydrogens is 258 g/mol. The van der Waals surface area contributed by atoms with Gasteiger partial charge in [0, 0.05) is 25.7 Å². The van der Waals surface area contributed by atoms with E-state index in [4.69, 9.17) is 0 Å². The van der Waals surface area contributed by atoms with E-state index < -0.39 is 0 Å². The third-order valence-electron chi connectivity index (χ3n) is 4.05. The maximum atomic E-state index is 12.2. The predicted octanol–water partition coefficient (Wildman–Crippen LogP) is 1.36. The van der Waals surface area contributed by atoms with Gasteiger partial charge in [0.1, 0.15) is 5.75 Å². The third-order valence-corrected chi connectivity index (χ3v) is 4.05. The summed E-state index contributed by atoms with van der Waals surface area (Å²) in [4.78, 5) is 26.4. The predicted molar refractivity (Wildman–Crippen MR) is 73.3 cm³/mol. The van der Waals surface area contributed by atoms with E-state index in [1.54, 1.807) is 21.9 Å². The van der Waals surface area contributed by atoms with Crippen molar-refractivity contribution in [1.82, 2.24) is 9.80 Å². The molecule has 0 unspecified atom stereocenters. The van der Waals surface area contributed by atoms with Crippen molar-refractivity contribution in [3.63, 3.8) is 0 Å². The molecule has 3 amide bonds. The van der Waals surface area contributed by atoms with Gasteiger partial charge in [-0.05, 0) is 24.5 Å². The van der Waals surface area contributed by atoms with Gasteiger partial charge in [0.05, 0.1) is 5.69 Å². The Morgan fingerprint density at radius 3 is 2.75 bits per heavy atom. The first-order chi connectivity index (χ1) is 9.69. The number of urea groups is 1. The van der Waals surface area contributed by atoms with Gasteiger partial charge in [-0.1, -0.05) is 12.1 Å². The van der Waals surface area contributed by atoms with E-state index >= 15 is 0 Å². The molecule has 0 aromatic heterocycles. The average Bonchev–Trinajstić information content (AvgIpc) is 2.48. The lowest BCUT2D eigenvalue weighted by molar-refractivity contribution is -0.119. The van der Waals surface area contributed by atoms with Crippen LogP contribution in [0.4, 0.5) is 10.5 Å². The summed E-state index contributed by atoms with van der Waals surface area (Å²) in [6.45, 7) is 1.87. The van der Waals surface area contributed by atoms with E-state index in [0.717, 1.165) is 24.8 Å². The molecule has 6 heteroatoms. The van der Waals surface area contributed by atoms with Gasteiger partial charge in [0.15, 0.2) is 0 Å². The number of likely N-dealkylation sites (tertiary alicyclic amines) is 1. The average molecular weight is 275 g/mol. The first-order valence-electron chi connectivity index (χ1n) is 6.77. The second-order valence-corrected chi connectivity index (χ2v) is 5.24. The van der Waals surface area contributed by atoms with E-state index in [0.29, 0.717) is 25.3 Å². The number of carbonyl (C=O) groups excluding carboxylic acids is 2. The Morgan fingerprint density at radius 2 is 2.05 bits per heavy atom. The Morgan fingerprint density at radius 1 is 1.30 bits per heavy atom. The van der Waals surface area contributed by atoms with Gasteiger partial charge in [-0.2, -0.15) is 0 Å². The molecule has 0 radical (unpaired) electrons. The van der Waals surface area contributed by atoms with E-state index in [9.17, 15) is 14.7 Å². The third kappa shape index (κ3) is 2.17. The summed E-state index contributed by atoms with van der Waals surface area (Å²) in [5, 5.41) is 12.5. The number of piperidine rings is 1. The van der Waals surface area contributed by atoms with Crippen LogP contribution < -0.4 is 5.32 Å². The van der Waals surface area contributed by atoms with Crippen LogP contribution in [-0.2, 0) is 11.3 Å². The molecule has 2 N–H and O–H groups in total. The molecule has 1 fully saturated rings. The van der Waals surface area contributed by atoms with E-state index in [2.05, 4.69) is 5.32 Å². The molecule has 0 saturated carbocycles. The van der Waals surface area contributed by atoms with E-state index in [1.165, 1.54) is 0 Å². The second-order valence-electron chi connectivity index (χ2n) is 5.24. The van der Waals surface area contributed by atoms with Crippen LogP contribution in [0, 0.1) is 0 Å². The number of carbonyl (C=O) groups is 2. The molecular formula is C14H17N3O3. The van der Waals surface area contributed by atoms with Gasteiger partial charge in [-0.3, -0.25) is 4.79 Å². The van der Waals surface area contributed by atoms with Crippen molar-refractivity contribution in [3.05, 3.63) is 23.8 Å². The number of amides is 3. The van der Waals surface area contributed by atoms with Gasteiger partial charge >= 0.3 is 6.03 Å². The number of anilines is 1. The lowest BCUT2D eigenvalue weighted by atomic mass is 10.0. The Bertz CT molecular complexity index is 538. The van der Waals surface area contributed by atoms with Crippen LogP contribution in [0.1, 0.15) is 18.4 Å². The van der Waals surface area contributed by atoms with Gasteiger partial charge in [0.25, 0.3) is 0 Å². The number of nitrogens with zero attached hydrogens (tertiary/aromatic N) is 2. The van der Waals surface area contributed by atoms with Crippen molar-refractivity contribution in [2.75, 3.05) is 18.4 Å². The molecule has 0 spiro atoms. The minimum Gasteiger partial charge on any atom is -0.506 e. The normalized spacial score (nSPS) is 19.5. The SMILES string of the molecule is O=CN1CCC(N2Cc3cccc(O)c3NC2=O)CC1. The Hall–Kier alpha value is -2.24. The van der Waals surface area contributed by atoms with Gasteiger partial charge in [0.2, 0.25) is 6.41 Å². The fraction of sp³-hybridized carbons (Fsp3) is 0.429. The van der Waals surface area contributed by atoms with Crippen molar-refractivity contribution >= 4 is 18.1 Å². The largest absolute Gasteiger partial charge is 0.506 e. The van der Waals surface area contributed by atoms with E-state index in [1.807, 2.05) is 6.07 Å². The van der Waals surface area contributed by atoms with Crippen LogP contribution in [0.25, 0.3) is 0 Å². The fourth-order valence-corrected chi connectivity index (χ4v) is 2.89. The number of benzene rings is 1. The standard InChI is InChI=1S/C14H17N3O3/c18-9-16-6-4-11(5-7-16)17-8-10-2-1-3-12(19)13(10)15-14(17)20/h1-3,9,11,19H,4-8H2,(H,15,20). The van der Waals surface area contributed by atoms with Gasteiger partial charge in [-0.25, -0.2) is 4.79 Å². The Balaban J connectivity index is 1.76. The van der Waals surface area contributed by atoms with Crippen LogP contribution in [0.15, 0.2) is 18.2 Å². The van der Waals surface area contributed by atoms with Crippen LogP contribution in [0.5, 0.6) is 5.75 Å². The summed E-state index contributed by atoms with van der Waals surface area (Å²) in [5.74, 6) is 0.103. The number of para-hydroxylation sites is 1. The summed E-state index contributed by atoms with van der Waals surface area (Å²) in [6, 6.07) is 5.21. The molecule has 1 aromatic rings. The number of fused-ring (bicyclic) bond motifs is 1. The maximum Gasteiger partial charge on any atom is 0.322 e. The molecule has 2 aliphatic heterocycles. The number of aromatic hydroxyl groups is 1. The summed E-state index contributed by atoms with van der Waals surface area (Å²) >= 11 is 0. The second kappa shape index (κ2) is 5.03. The molecule has 1 saturated heterocycles. The zero-order valence-corrected chi connectivity index (χ0v) is 11.1. The molecule has 0 atom stereocenters. The zero-order valence-electron chi connectivity index (χ0n) is 11.1. The minimum absolute atomic E-state index is 0.103. The van der Waals surface area contributed by atoms with Crippen LogP contribution in [0.3, 0.4) is 0 Å². The number of phenols is 1. The topological polar surface area (TPSA) is 72.9 Å². The van der Waals surface area contributed by atoms with Crippen LogP contribution in [-0.4, -0.2) is 46.5 Å². The molecule has 3 rings (SSSR count). The maximum absolute atomic E-state index is 12.2. The first-order valence-corrected chi connectivity index (χ1v) is 6.77. The molecule has 2 aliphatic rings. The van der Waals surface area contributed by atoms with Crippen LogP contribution in [0.2, 0.25) is 0 Å². The fourth-order valence-electron chi connectivity index (χ4n) is 2.89. The molecule has 20 heavy (non-hydrogen) atoms. The first kappa shape index (κ1) is 12.8. The lowest BCUT2D eigenvalue weighted by Crippen LogP contribution is -2.49. The molecule has 2 heterocycles. The number of rotatable bonds is 2. The van der Waals surface area contributed by atoms with E-state index in [-0.39, 0.29) is 17.8 Å². The minimum atomic E-state index is -0.177. The summed E-state index contributed by atoms with van der Waals surface area (Å²) in [5.41, 5.74) is 1.43. The summed E-state index contributed by atoms with van der Waals surface area (Å²) < 4.78 is 0. The monoisotopic (exact) mass is 275 g/mol. The van der Waals surface area contributed by atoms with Gasteiger partial charge in [-0.15, -0.1) is 0 Å². The number of hydrogen-bond donors (Lipinski definition) is 2. The lowest BCUT2D eigenvalue weighted by Gasteiger charge is -2.39. The molecule has 0 aliphatic carbocycles. The summed E-state index contributed by atoms with van der Waals surface area (Å²) in [6.07, 6.45) is 2.44. The van der Waals surface area contributed by atoms with Crippen molar-refractivity contribution in [2.45, 2.75) is 25.4 Å².